The quantitative estimate of drug-likeness (QED) is 0.787. The van der Waals surface area contributed by atoms with Gasteiger partial charge in [0.05, 0.1) is 10.2 Å². The molecule has 3 aromatic rings. The zero-order valence-electron chi connectivity index (χ0n) is 10.9. The number of fused-ring (bicyclic) bond motifs is 1. The summed E-state index contributed by atoms with van der Waals surface area (Å²) in [7, 11) is 0. The van der Waals surface area contributed by atoms with Gasteiger partial charge >= 0.3 is 0 Å². The van der Waals surface area contributed by atoms with Gasteiger partial charge in [-0.1, -0.05) is 29.8 Å². The fourth-order valence-electron chi connectivity index (χ4n) is 1.95. The number of carbonyl (C=O) groups is 1. The molecule has 1 heterocycles. The Morgan fingerprint density at radius 3 is 2.86 bits per heavy atom. The summed E-state index contributed by atoms with van der Waals surface area (Å²) in [5, 5.41) is 1.59. The van der Waals surface area contributed by atoms with Crippen molar-refractivity contribution in [3.05, 3.63) is 63.6 Å². The van der Waals surface area contributed by atoms with Crippen molar-refractivity contribution in [1.82, 2.24) is 4.98 Å². The van der Waals surface area contributed by atoms with Crippen LogP contribution in [0.3, 0.4) is 0 Å². The highest BCUT2D eigenvalue weighted by atomic mass is 35.5. The van der Waals surface area contributed by atoms with Gasteiger partial charge in [0.25, 0.3) is 0 Å². The average molecular weight is 315 g/mol. The third kappa shape index (κ3) is 3.12. The summed E-state index contributed by atoms with van der Waals surface area (Å²) in [6.07, 6.45) is 3.82. The van der Waals surface area contributed by atoms with E-state index >= 15 is 0 Å². The van der Waals surface area contributed by atoms with E-state index < -0.39 is 5.91 Å². The van der Waals surface area contributed by atoms with Gasteiger partial charge in [0.2, 0.25) is 5.91 Å². The molecular formula is C16H11ClN2OS. The Hall–Kier alpha value is -2.17. The van der Waals surface area contributed by atoms with Crippen molar-refractivity contribution in [2.24, 2.45) is 5.73 Å². The molecule has 1 aromatic heterocycles. The molecule has 0 aliphatic carbocycles. The Kier molecular flexibility index (Phi) is 3.73. The van der Waals surface area contributed by atoms with E-state index in [0.29, 0.717) is 10.6 Å². The highest BCUT2D eigenvalue weighted by Gasteiger charge is 2.02. The molecule has 21 heavy (non-hydrogen) atoms. The standard InChI is InChI=1S/C16H11ClN2OS/c17-12-5-6-13-14(9-12)21-15(19-13)7-4-10-2-1-3-11(8-10)16(18)20/h1-9H,(H2,18,20). The smallest absolute Gasteiger partial charge is 0.248 e. The minimum Gasteiger partial charge on any atom is -0.366 e. The average Bonchev–Trinajstić information content (AvgIpc) is 2.87. The fourth-order valence-corrected chi connectivity index (χ4v) is 3.10. The number of benzene rings is 2. The molecule has 0 bridgehead atoms. The van der Waals surface area contributed by atoms with Gasteiger partial charge in [-0.15, -0.1) is 11.3 Å². The number of primary amides is 1. The zero-order chi connectivity index (χ0) is 14.8. The number of nitrogens with two attached hydrogens (primary N) is 1. The molecule has 0 saturated carbocycles. The summed E-state index contributed by atoms with van der Waals surface area (Å²) in [5.74, 6) is -0.431. The molecule has 0 radical (unpaired) electrons. The summed E-state index contributed by atoms with van der Waals surface area (Å²) in [4.78, 5) is 15.7. The van der Waals surface area contributed by atoms with Gasteiger partial charge in [0.15, 0.2) is 0 Å². The maximum atomic E-state index is 11.2. The first-order chi connectivity index (χ1) is 10.1. The number of aromatic nitrogens is 1. The number of rotatable bonds is 3. The van der Waals surface area contributed by atoms with Crippen molar-refractivity contribution < 1.29 is 4.79 Å². The molecule has 0 saturated heterocycles. The van der Waals surface area contributed by atoms with E-state index in [0.717, 1.165) is 20.8 Å². The van der Waals surface area contributed by atoms with Crippen molar-refractivity contribution >= 4 is 51.2 Å². The molecule has 0 atom stereocenters. The summed E-state index contributed by atoms with van der Waals surface area (Å²) < 4.78 is 1.05. The van der Waals surface area contributed by atoms with Gasteiger partial charge in [-0.25, -0.2) is 4.98 Å². The lowest BCUT2D eigenvalue weighted by Crippen LogP contribution is -2.10. The van der Waals surface area contributed by atoms with Gasteiger partial charge in [-0.05, 0) is 42.0 Å². The van der Waals surface area contributed by atoms with Crippen LogP contribution in [0.1, 0.15) is 20.9 Å². The second-order valence-electron chi connectivity index (χ2n) is 4.49. The summed E-state index contributed by atoms with van der Waals surface area (Å²) >= 11 is 7.53. The van der Waals surface area contributed by atoms with E-state index in [1.165, 1.54) is 0 Å². The molecule has 2 N–H and O–H groups in total. The predicted molar refractivity (Wildman–Crippen MR) is 88.5 cm³/mol. The van der Waals surface area contributed by atoms with Crippen LogP contribution < -0.4 is 5.73 Å². The fraction of sp³-hybridized carbons (Fsp3) is 0. The molecule has 0 aliphatic heterocycles. The molecule has 3 rings (SSSR count). The van der Waals surface area contributed by atoms with Crippen LogP contribution in [0, 0.1) is 0 Å². The van der Waals surface area contributed by atoms with Gasteiger partial charge in [-0.2, -0.15) is 0 Å². The van der Waals surface area contributed by atoms with Gasteiger partial charge in [0.1, 0.15) is 5.01 Å². The SMILES string of the molecule is NC(=O)c1cccc(C=Cc2nc3ccc(Cl)cc3s2)c1. The van der Waals surface area contributed by atoms with E-state index in [2.05, 4.69) is 4.98 Å². The van der Waals surface area contributed by atoms with Crippen LogP contribution in [0.2, 0.25) is 5.02 Å². The van der Waals surface area contributed by atoms with Crippen LogP contribution in [0.5, 0.6) is 0 Å². The van der Waals surface area contributed by atoms with Crippen molar-refractivity contribution in [1.29, 1.82) is 0 Å². The van der Waals surface area contributed by atoms with E-state index in [9.17, 15) is 4.79 Å². The summed E-state index contributed by atoms with van der Waals surface area (Å²) in [6.45, 7) is 0. The number of halogens is 1. The van der Waals surface area contributed by atoms with Crippen LogP contribution in [0.15, 0.2) is 42.5 Å². The number of amides is 1. The second kappa shape index (κ2) is 5.68. The number of hydrogen-bond acceptors (Lipinski definition) is 3. The van der Waals surface area contributed by atoms with E-state index in [4.69, 9.17) is 17.3 Å². The summed E-state index contributed by atoms with van der Waals surface area (Å²) in [5.41, 5.74) is 7.59. The first-order valence-corrected chi connectivity index (χ1v) is 7.45. The van der Waals surface area contributed by atoms with E-state index in [1.807, 2.05) is 36.4 Å². The third-order valence-corrected chi connectivity index (χ3v) is 4.18. The number of thiazole rings is 1. The molecule has 3 nitrogen and oxygen atoms in total. The molecule has 104 valence electrons. The molecule has 0 fully saturated rings. The van der Waals surface area contributed by atoms with Crippen LogP contribution in [-0.4, -0.2) is 10.9 Å². The van der Waals surface area contributed by atoms with Crippen molar-refractivity contribution in [3.8, 4) is 0 Å². The van der Waals surface area contributed by atoms with E-state index in [-0.39, 0.29) is 0 Å². The highest BCUT2D eigenvalue weighted by Crippen LogP contribution is 2.26. The number of carbonyl (C=O) groups excluding carboxylic acids is 1. The molecule has 0 unspecified atom stereocenters. The minimum atomic E-state index is -0.431. The van der Waals surface area contributed by atoms with Crippen molar-refractivity contribution in [2.75, 3.05) is 0 Å². The van der Waals surface area contributed by atoms with Gasteiger partial charge in [-0.3, -0.25) is 4.79 Å². The van der Waals surface area contributed by atoms with Gasteiger partial charge in [0, 0.05) is 10.6 Å². The number of hydrogen-bond donors (Lipinski definition) is 1. The van der Waals surface area contributed by atoms with Crippen LogP contribution in [0.4, 0.5) is 0 Å². The van der Waals surface area contributed by atoms with Gasteiger partial charge < -0.3 is 5.73 Å². The molecule has 5 heteroatoms. The van der Waals surface area contributed by atoms with Crippen molar-refractivity contribution in [3.63, 3.8) is 0 Å². The Bertz CT molecular complexity index is 854. The first kappa shape index (κ1) is 13.8. The largest absolute Gasteiger partial charge is 0.366 e. The minimum absolute atomic E-state index is 0.431. The molecule has 1 amide bonds. The summed E-state index contributed by atoms with van der Waals surface area (Å²) in [6, 6.07) is 12.8. The van der Waals surface area contributed by atoms with E-state index in [1.54, 1.807) is 29.5 Å². The Morgan fingerprint density at radius 2 is 2.05 bits per heavy atom. The van der Waals surface area contributed by atoms with Crippen LogP contribution in [0.25, 0.3) is 22.4 Å². The van der Waals surface area contributed by atoms with Crippen LogP contribution in [-0.2, 0) is 0 Å². The predicted octanol–water partition coefficient (Wildman–Crippen LogP) is 4.22. The second-order valence-corrected chi connectivity index (χ2v) is 5.99. The number of nitrogens with zero attached hydrogens (tertiary/aromatic N) is 1. The molecule has 0 spiro atoms. The Morgan fingerprint density at radius 1 is 1.19 bits per heavy atom. The topological polar surface area (TPSA) is 56.0 Å². The van der Waals surface area contributed by atoms with Crippen molar-refractivity contribution in [2.45, 2.75) is 0 Å². The Balaban J connectivity index is 1.90. The zero-order valence-corrected chi connectivity index (χ0v) is 12.5. The molecule has 2 aromatic carbocycles. The first-order valence-electron chi connectivity index (χ1n) is 6.26. The highest BCUT2D eigenvalue weighted by molar-refractivity contribution is 7.19. The Labute approximate surface area is 130 Å². The van der Waals surface area contributed by atoms with Crippen LogP contribution >= 0.6 is 22.9 Å². The maximum Gasteiger partial charge on any atom is 0.248 e. The lowest BCUT2D eigenvalue weighted by molar-refractivity contribution is 0.100. The lowest BCUT2D eigenvalue weighted by Gasteiger charge is -1.96. The lowest BCUT2D eigenvalue weighted by atomic mass is 10.1. The normalized spacial score (nSPS) is 11.3. The third-order valence-electron chi connectivity index (χ3n) is 2.96. The monoisotopic (exact) mass is 314 g/mol. The maximum absolute atomic E-state index is 11.2. The molecule has 0 aliphatic rings. The molecular weight excluding hydrogens is 304 g/mol.